The third-order valence-electron chi connectivity index (χ3n) is 5.06. The molecule has 1 aromatic rings. The van der Waals surface area contributed by atoms with Gasteiger partial charge in [-0.25, -0.2) is 0 Å². The van der Waals surface area contributed by atoms with Gasteiger partial charge in [-0.1, -0.05) is 117 Å². The van der Waals surface area contributed by atoms with Gasteiger partial charge in [0.2, 0.25) is 0 Å². The fraction of sp³-hybridized carbons (Fsp3) is 0.348. The molecule has 42 heavy (non-hydrogen) atoms. The number of hydrogen-bond donors (Lipinski definition) is 0. The average Bonchev–Trinajstić information content (AvgIpc) is 3.83. The van der Waals surface area contributed by atoms with Crippen molar-refractivity contribution in [1.29, 1.82) is 0 Å². The molecule has 19 heteroatoms. The van der Waals surface area contributed by atoms with Crippen molar-refractivity contribution in [3.63, 3.8) is 0 Å². The second-order valence-corrected chi connectivity index (χ2v) is 30.0. The van der Waals surface area contributed by atoms with Gasteiger partial charge < -0.3 is 0 Å². The highest BCUT2D eigenvalue weighted by atomic mass is 32.3. The van der Waals surface area contributed by atoms with E-state index in [9.17, 15) is 4.79 Å². The summed E-state index contributed by atoms with van der Waals surface area (Å²) in [5.74, 6) is 9.15. The largest absolute Gasteiger partial charge is 0.289 e. The minimum atomic E-state index is 0.224. The van der Waals surface area contributed by atoms with Crippen molar-refractivity contribution in [1.82, 2.24) is 0 Å². The molecular weight excluding hydrogens is 869 g/mol. The van der Waals surface area contributed by atoms with Crippen LogP contribution >= 0.6 is 211 Å². The topological polar surface area (TPSA) is 17.1 Å². The first kappa shape index (κ1) is 34.3. The lowest BCUT2D eigenvalue weighted by atomic mass is 11.0. The molecule has 1 nitrogen and oxygen atoms in total. The van der Waals surface area contributed by atoms with Crippen LogP contribution < -0.4 is 4.06 Å². The van der Waals surface area contributed by atoms with Gasteiger partial charge in [-0.3, -0.25) is 4.79 Å². The maximum atomic E-state index is 12.2. The smallest absolute Gasteiger partial charge is 0.265 e. The van der Waals surface area contributed by atoms with E-state index in [1.807, 2.05) is 188 Å². The Bertz CT molecular complexity index is 1330. The Balaban J connectivity index is 0.808. The van der Waals surface area contributed by atoms with Gasteiger partial charge in [0.15, 0.2) is 0 Å². The Labute approximate surface area is 322 Å². The van der Waals surface area contributed by atoms with E-state index >= 15 is 0 Å². The quantitative estimate of drug-likeness (QED) is 0.164. The number of hydrogen-bond acceptors (Lipinski definition) is 19. The first-order chi connectivity index (χ1) is 20.7. The highest BCUT2D eigenvalue weighted by molar-refractivity contribution is 8.45. The van der Waals surface area contributed by atoms with E-state index in [2.05, 4.69) is 10.8 Å². The van der Waals surface area contributed by atoms with Gasteiger partial charge >= 0.3 is 0 Å². The van der Waals surface area contributed by atoms with Gasteiger partial charge in [0.25, 0.3) is 4.06 Å². The van der Waals surface area contributed by atoms with Crippen molar-refractivity contribution >= 4 is 211 Å². The van der Waals surface area contributed by atoms with Gasteiger partial charge in [-0.2, -0.15) is 0 Å². The van der Waals surface area contributed by atoms with E-state index in [-0.39, 0.29) is 4.06 Å². The van der Waals surface area contributed by atoms with Crippen LogP contribution in [0.1, 0.15) is 0 Å². The summed E-state index contributed by atoms with van der Waals surface area (Å²) in [4.78, 5) is 12.2. The Hall–Kier alpha value is 3.89. The second kappa shape index (κ2) is 17.2. The average molecular weight is 888 g/mol. The lowest BCUT2D eigenvalue weighted by molar-refractivity contribution is 1.46. The molecule has 0 saturated carbocycles. The summed E-state index contributed by atoms with van der Waals surface area (Å²) in [6.45, 7) is 0. The molecule has 224 valence electrons. The zero-order valence-corrected chi connectivity index (χ0v) is 35.8. The van der Waals surface area contributed by atoms with E-state index in [4.69, 9.17) is 0 Å². The van der Waals surface area contributed by atoms with Crippen molar-refractivity contribution in [3.05, 3.63) is 62.0 Å². The fourth-order valence-electron chi connectivity index (χ4n) is 3.38. The Morgan fingerprint density at radius 2 is 0.857 bits per heavy atom. The van der Waals surface area contributed by atoms with Gasteiger partial charge in [-0.05, 0) is 10.8 Å². The molecule has 7 heterocycles. The van der Waals surface area contributed by atoms with Crippen molar-refractivity contribution < 1.29 is 0 Å². The van der Waals surface area contributed by atoms with E-state index in [1.165, 1.54) is 96.5 Å². The molecule has 0 amide bonds. The van der Waals surface area contributed by atoms with Crippen LogP contribution in [0.5, 0.6) is 0 Å². The summed E-state index contributed by atoms with van der Waals surface area (Å²) >= 11 is 34.2. The molecule has 0 N–H and O–H groups in total. The van der Waals surface area contributed by atoms with Gasteiger partial charge in [-0.15, -0.1) is 94.1 Å². The molecule has 1 aromatic heterocycles. The zero-order chi connectivity index (χ0) is 28.3. The Morgan fingerprint density at radius 3 is 1.26 bits per heavy atom. The van der Waals surface area contributed by atoms with E-state index in [1.54, 1.807) is 0 Å². The molecule has 6 aliphatic heterocycles. The summed E-state index contributed by atoms with van der Waals surface area (Å²) < 4.78 is 17.4. The fourth-order valence-corrected chi connectivity index (χ4v) is 28.7. The number of rotatable bonds is 10. The first-order valence-electron chi connectivity index (χ1n) is 12.1. The maximum absolute atomic E-state index is 12.2. The molecule has 0 aliphatic carbocycles. The van der Waals surface area contributed by atoms with Crippen molar-refractivity contribution in [2.45, 2.75) is 8.42 Å². The summed E-state index contributed by atoms with van der Waals surface area (Å²) in [5, 5.41) is 4.65. The minimum Gasteiger partial charge on any atom is -0.265 e. The van der Waals surface area contributed by atoms with Crippen LogP contribution in [0.15, 0.2) is 66.4 Å². The van der Waals surface area contributed by atoms with Gasteiger partial charge in [0, 0.05) is 46.0 Å². The van der Waals surface area contributed by atoms with Crippen LogP contribution in [-0.2, 0) is 0 Å². The van der Waals surface area contributed by atoms with Crippen LogP contribution in [0.3, 0.4) is 0 Å². The summed E-state index contributed by atoms with van der Waals surface area (Å²) in [7, 11) is 0. The third-order valence-corrected chi connectivity index (χ3v) is 30.7. The van der Waals surface area contributed by atoms with E-state index in [0.29, 0.717) is 0 Å². The molecule has 0 bridgehead atoms. The van der Waals surface area contributed by atoms with Crippen LogP contribution in [0.4, 0.5) is 0 Å². The molecule has 0 atom stereocenters. The van der Waals surface area contributed by atoms with Crippen molar-refractivity contribution in [2.75, 3.05) is 46.0 Å². The van der Waals surface area contributed by atoms with E-state index in [0.717, 1.165) is 23.0 Å². The third kappa shape index (κ3) is 9.16. The SMILES string of the molecule is O=c1sc(SCCSC2=CSC(=C3SC4=C(SCCS4)S3)S2)c(SCCSC2=CSC(=C3SC4=C(SCCS4)S3)S2)s1. The first-order valence-corrected chi connectivity index (χ1v) is 28.3. The molecule has 0 saturated heterocycles. The van der Waals surface area contributed by atoms with Crippen LogP contribution in [0, 0.1) is 0 Å². The zero-order valence-electron chi connectivity index (χ0n) is 21.1. The van der Waals surface area contributed by atoms with Gasteiger partial charge in [0.1, 0.15) is 0 Å². The summed E-state index contributed by atoms with van der Waals surface area (Å²) in [5.41, 5.74) is 0. The second-order valence-electron chi connectivity index (χ2n) is 7.84. The van der Waals surface area contributed by atoms with Crippen molar-refractivity contribution in [2.24, 2.45) is 0 Å². The molecular formula is C23H18OS18. The molecule has 0 radical (unpaired) electrons. The molecule has 7 rings (SSSR count). The normalized spacial score (nSPS) is 22.5. The molecule has 0 unspecified atom stereocenters. The Morgan fingerprint density at radius 1 is 0.476 bits per heavy atom. The Kier molecular flexibility index (Phi) is 14.1. The van der Waals surface area contributed by atoms with Crippen LogP contribution in [0.25, 0.3) is 0 Å². The summed E-state index contributed by atoms with van der Waals surface area (Å²) in [6, 6.07) is 0. The lowest BCUT2D eigenvalue weighted by Crippen LogP contribution is -1.88. The van der Waals surface area contributed by atoms with Crippen molar-refractivity contribution in [3.8, 4) is 0 Å². The van der Waals surface area contributed by atoms with Crippen LogP contribution in [0.2, 0.25) is 0 Å². The predicted octanol–water partition coefficient (Wildman–Crippen LogP) is 13.8. The molecule has 0 fully saturated rings. The highest BCUT2D eigenvalue weighted by Gasteiger charge is 2.30. The number of thioether (sulfide) groups is 16. The molecule has 0 spiro atoms. The minimum absolute atomic E-state index is 0.224. The molecule has 6 aliphatic rings. The predicted molar refractivity (Wildman–Crippen MR) is 230 cm³/mol. The van der Waals surface area contributed by atoms with E-state index < -0.39 is 0 Å². The van der Waals surface area contributed by atoms with Gasteiger partial charge in [0.05, 0.1) is 50.8 Å². The lowest BCUT2D eigenvalue weighted by Gasteiger charge is -2.08. The van der Waals surface area contributed by atoms with Crippen LogP contribution in [-0.4, -0.2) is 46.0 Å². The standard InChI is InChI=1S/C23H18OS18/c24-23-41-17(31-3-1-25-11-9-33-19(35-11)21-37-13-14(38-21)28-6-5-27-13)18(42-23)32-4-2-26-12-10-34-20(36-12)22-39-15-16(40-22)30-8-7-29-15/h9-10H,1-8H2. The highest BCUT2D eigenvalue weighted by Crippen LogP contribution is 2.65. The summed E-state index contributed by atoms with van der Waals surface area (Å²) in [6.07, 6.45) is 0. The monoisotopic (exact) mass is 886 g/mol. The maximum Gasteiger partial charge on any atom is 0.289 e. The molecule has 0 aromatic carbocycles.